The zero-order chi connectivity index (χ0) is 12.8. The normalized spacial score (nSPS) is 23.1. The van der Waals surface area contributed by atoms with Gasteiger partial charge in [-0.1, -0.05) is 6.42 Å². The van der Waals surface area contributed by atoms with Crippen LogP contribution in [0.5, 0.6) is 0 Å². The van der Waals surface area contributed by atoms with Crippen LogP contribution in [-0.2, 0) is 9.59 Å². The first-order chi connectivity index (χ1) is 8.02. The number of primary amides is 1. The molecule has 96 valence electrons. The molecule has 1 fully saturated rings. The van der Waals surface area contributed by atoms with Gasteiger partial charge >= 0.3 is 12.0 Å². The van der Waals surface area contributed by atoms with Gasteiger partial charge in [0.05, 0.1) is 11.8 Å². The van der Waals surface area contributed by atoms with E-state index in [0.717, 1.165) is 6.42 Å². The van der Waals surface area contributed by atoms with Gasteiger partial charge in [0.1, 0.15) is 0 Å². The van der Waals surface area contributed by atoms with E-state index < -0.39 is 23.8 Å². The van der Waals surface area contributed by atoms with Crippen molar-refractivity contribution < 1.29 is 19.5 Å². The highest BCUT2D eigenvalue weighted by molar-refractivity contribution is 5.85. The summed E-state index contributed by atoms with van der Waals surface area (Å²) in [4.78, 5) is 32.9. The number of rotatable bonds is 5. The Morgan fingerprint density at radius 2 is 1.71 bits per heavy atom. The number of carboxylic acids is 1. The highest BCUT2D eigenvalue weighted by Crippen LogP contribution is 2.31. The molecule has 1 rings (SSSR count). The zero-order valence-electron chi connectivity index (χ0n) is 9.44. The van der Waals surface area contributed by atoms with E-state index in [1.807, 2.05) is 0 Å². The monoisotopic (exact) mass is 243 g/mol. The van der Waals surface area contributed by atoms with Crippen LogP contribution in [0.3, 0.4) is 0 Å². The third-order valence-corrected chi connectivity index (χ3v) is 2.89. The minimum Gasteiger partial charge on any atom is -0.481 e. The summed E-state index contributed by atoms with van der Waals surface area (Å²) in [6.07, 6.45) is 1.91. The number of aliphatic carboxylic acids is 1. The molecule has 0 radical (unpaired) electrons. The van der Waals surface area contributed by atoms with Crippen molar-refractivity contribution in [3.8, 4) is 0 Å². The van der Waals surface area contributed by atoms with Gasteiger partial charge in [-0.3, -0.25) is 9.59 Å². The summed E-state index contributed by atoms with van der Waals surface area (Å²) in [5.41, 5.74) is 4.85. The van der Waals surface area contributed by atoms with Crippen molar-refractivity contribution >= 4 is 17.9 Å². The van der Waals surface area contributed by atoms with Crippen LogP contribution in [0, 0.1) is 11.8 Å². The predicted octanol–water partition coefficient (Wildman–Crippen LogP) is -0.728. The van der Waals surface area contributed by atoms with E-state index in [1.54, 1.807) is 0 Å². The number of amides is 3. The van der Waals surface area contributed by atoms with Gasteiger partial charge in [-0.05, 0) is 12.8 Å². The van der Waals surface area contributed by atoms with Gasteiger partial charge in [-0.25, -0.2) is 4.79 Å². The molecule has 5 N–H and O–H groups in total. The fourth-order valence-electron chi connectivity index (χ4n) is 2.07. The third-order valence-electron chi connectivity index (χ3n) is 2.89. The molecule has 7 heteroatoms. The first-order valence-electron chi connectivity index (χ1n) is 5.56. The van der Waals surface area contributed by atoms with Crippen molar-refractivity contribution in [1.29, 1.82) is 0 Å². The minimum atomic E-state index is -0.919. The fraction of sp³-hybridized carbons (Fsp3) is 0.700. The van der Waals surface area contributed by atoms with Crippen molar-refractivity contribution in [2.45, 2.75) is 19.3 Å². The Hall–Kier alpha value is -1.79. The maximum atomic E-state index is 11.7. The van der Waals surface area contributed by atoms with Gasteiger partial charge < -0.3 is 21.5 Å². The molecule has 0 heterocycles. The molecule has 0 aromatic carbocycles. The molecule has 1 aliphatic rings. The van der Waals surface area contributed by atoms with Crippen molar-refractivity contribution in [2.75, 3.05) is 13.1 Å². The van der Waals surface area contributed by atoms with Gasteiger partial charge in [0.15, 0.2) is 0 Å². The van der Waals surface area contributed by atoms with Crippen LogP contribution in [0.2, 0.25) is 0 Å². The van der Waals surface area contributed by atoms with Crippen LogP contribution >= 0.6 is 0 Å². The average Bonchev–Trinajstić information content (AvgIpc) is 2.72. The van der Waals surface area contributed by atoms with Crippen LogP contribution in [0.25, 0.3) is 0 Å². The molecular weight excluding hydrogens is 226 g/mol. The highest BCUT2D eigenvalue weighted by atomic mass is 16.4. The van der Waals surface area contributed by atoms with Crippen molar-refractivity contribution in [1.82, 2.24) is 10.6 Å². The van der Waals surface area contributed by atoms with Crippen molar-refractivity contribution in [3.05, 3.63) is 0 Å². The number of carbonyl (C=O) groups is 3. The third kappa shape index (κ3) is 3.93. The Morgan fingerprint density at radius 1 is 1.12 bits per heavy atom. The van der Waals surface area contributed by atoms with Crippen LogP contribution in [0.4, 0.5) is 4.79 Å². The molecule has 2 atom stereocenters. The van der Waals surface area contributed by atoms with Gasteiger partial charge in [0.2, 0.25) is 5.91 Å². The number of carbonyl (C=O) groups excluding carboxylic acids is 2. The maximum Gasteiger partial charge on any atom is 0.312 e. The van der Waals surface area contributed by atoms with E-state index in [9.17, 15) is 14.4 Å². The molecule has 0 aromatic heterocycles. The van der Waals surface area contributed by atoms with E-state index in [1.165, 1.54) is 0 Å². The van der Waals surface area contributed by atoms with Gasteiger partial charge in [-0.15, -0.1) is 0 Å². The predicted molar refractivity (Wildman–Crippen MR) is 59.1 cm³/mol. The molecule has 0 bridgehead atoms. The molecule has 1 saturated carbocycles. The lowest BCUT2D eigenvalue weighted by molar-refractivity contribution is -0.146. The Morgan fingerprint density at radius 3 is 2.29 bits per heavy atom. The van der Waals surface area contributed by atoms with E-state index in [-0.39, 0.29) is 19.0 Å². The lowest BCUT2D eigenvalue weighted by atomic mass is 9.95. The van der Waals surface area contributed by atoms with Crippen molar-refractivity contribution in [3.63, 3.8) is 0 Å². The molecule has 7 nitrogen and oxygen atoms in total. The van der Waals surface area contributed by atoms with Crippen LogP contribution in [0.1, 0.15) is 19.3 Å². The molecule has 0 spiro atoms. The van der Waals surface area contributed by atoms with Gasteiger partial charge in [0.25, 0.3) is 0 Å². The summed E-state index contributed by atoms with van der Waals surface area (Å²) >= 11 is 0. The van der Waals surface area contributed by atoms with E-state index in [0.29, 0.717) is 12.8 Å². The Kier molecular flexibility index (Phi) is 4.74. The van der Waals surface area contributed by atoms with Gasteiger partial charge in [0, 0.05) is 13.1 Å². The lowest BCUT2D eigenvalue weighted by Gasteiger charge is -2.15. The molecule has 0 saturated heterocycles. The lowest BCUT2D eigenvalue weighted by Crippen LogP contribution is -2.40. The fourth-order valence-corrected chi connectivity index (χ4v) is 2.07. The Balaban J connectivity index is 2.32. The summed E-state index contributed by atoms with van der Waals surface area (Å²) in [6, 6.07) is -0.650. The standard InChI is InChI=1S/C10H17N3O4/c11-10(17)13-5-4-12-8(14)6-2-1-3-7(6)9(15)16/h6-7H,1-5H2,(H,12,14)(H,15,16)(H3,11,13,17). The molecule has 3 amide bonds. The molecule has 1 aliphatic carbocycles. The van der Waals surface area contributed by atoms with E-state index >= 15 is 0 Å². The summed E-state index contributed by atoms with van der Waals surface area (Å²) in [6.45, 7) is 0.496. The molecule has 2 unspecified atom stereocenters. The first-order valence-corrected chi connectivity index (χ1v) is 5.56. The van der Waals surface area contributed by atoms with Crippen molar-refractivity contribution in [2.24, 2.45) is 17.6 Å². The Labute approximate surface area is 98.7 Å². The smallest absolute Gasteiger partial charge is 0.312 e. The molecule has 0 aliphatic heterocycles. The van der Waals surface area contributed by atoms with Crippen LogP contribution in [-0.4, -0.2) is 36.1 Å². The second-order valence-corrected chi connectivity index (χ2v) is 4.06. The summed E-state index contributed by atoms with van der Waals surface area (Å²) in [5, 5.41) is 13.8. The summed E-state index contributed by atoms with van der Waals surface area (Å²) < 4.78 is 0. The Bertz CT molecular complexity index is 319. The molecule has 17 heavy (non-hydrogen) atoms. The minimum absolute atomic E-state index is 0.242. The topological polar surface area (TPSA) is 122 Å². The van der Waals surface area contributed by atoms with Crippen LogP contribution in [0.15, 0.2) is 0 Å². The zero-order valence-corrected chi connectivity index (χ0v) is 9.44. The molecular formula is C10H17N3O4. The van der Waals surface area contributed by atoms with Crippen LogP contribution < -0.4 is 16.4 Å². The number of hydrogen-bond acceptors (Lipinski definition) is 3. The molecule has 0 aromatic rings. The first kappa shape index (κ1) is 13.3. The number of hydrogen-bond donors (Lipinski definition) is 4. The van der Waals surface area contributed by atoms with E-state index in [4.69, 9.17) is 10.8 Å². The SMILES string of the molecule is NC(=O)NCCNC(=O)C1CCCC1C(=O)O. The average molecular weight is 243 g/mol. The number of carboxylic acid groups (broad SMARTS) is 1. The highest BCUT2D eigenvalue weighted by Gasteiger charge is 2.37. The number of urea groups is 1. The second-order valence-electron chi connectivity index (χ2n) is 4.06. The number of nitrogens with two attached hydrogens (primary N) is 1. The summed E-state index contributed by atoms with van der Waals surface area (Å²) in [5.74, 6) is -2.22. The maximum absolute atomic E-state index is 11.7. The van der Waals surface area contributed by atoms with Gasteiger partial charge in [-0.2, -0.15) is 0 Å². The van der Waals surface area contributed by atoms with E-state index in [2.05, 4.69) is 10.6 Å². The summed E-state index contributed by atoms with van der Waals surface area (Å²) in [7, 11) is 0. The quantitative estimate of drug-likeness (QED) is 0.475. The number of nitrogens with one attached hydrogen (secondary N) is 2. The largest absolute Gasteiger partial charge is 0.481 e. The second kappa shape index (κ2) is 6.07.